The number of non-ortho nitro benzene ring substituents is 1. The molecule has 0 saturated carbocycles. The highest BCUT2D eigenvalue weighted by atomic mass is 16.6. The van der Waals surface area contributed by atoms with E-state index in [1.165, 1.54) is 18.2 Å². The molecule has 1 aliphatic rings. The summed E-state index contributed by atoms with van der Waals surface area (Å²) in [5.41, 5.74) is -2.25. The molecule has 0 bridgehead atoms. The molecule has 1 heterocycles. The minimum atomic E-state index is -1.92. The number of imide groups is 1. The quantitative estimate of drug-likeness (QED) is 0.395. The van der Waals surface area contributed by atoms with Gasteiger partial charge in [-0.3, -0.25) is 24.6 Å². The minimum absolute atomic E-state index is 0.0980. The lowest BCUT2D eigenvalue weighted by Gasteiger charge is -2.40. The summed E-state index contributed by atoms with van der Waals surface area (Å²) in [6, 6.07) is 6.80. The number of aliphatic hydroxyl groups is 3. The van der Waals surface area contributed by atoms with E-state index in [-0.39, 0.29) is 22.2 Å². The molecule has 130 valence electrons. The Hall–Kier alpha value is -2.88. The van der Waals surface area contributed by atoms with Gasteiger partial charge in [-0.1, -0.05) is 12.1 Å². The third-order valence-corrected chi connectivity index (χ3v) is 4.40. The van der Waals surface area contributed by atoms with Gasteiger partial charge < -0.3 is 15.3 Å². The second-order valence-corrected chi connectivity index (χ2v) is 5.80. The highest BCUT2D eigenvalue weighted by Gasteiger charge is 2.47. The Balaban J connectivity index is 2.33. The summed E-state index contributed by atoms with van der Waals surface area (Å²) < 4.78 is 0. The van der Waals surface area contributed by atoms with Crippen molar-refractivity contribution in [2.75, 3.05) is 19.8 Å². The summed E-state index contributed by atoms with van der Waals surface area (Å²) in [4.78, 5) is 36.7. The summed E-state index contributed by atoms with van der Waals surface area (Å²) in [7, 11) is 0. The lowest BCUT2D eigenvalue weighted by molar-refractivity contribution is -0.384. The van der Waals surface area contributed by atoms with Crippen LogP contribution in [0.2, 0.25) is 0 Å². The smallest absolute Gasteiger partial charge is 0.270 e. The predicted molar refractivity (Wildman–Crippen MR) is 85.1 cm³/mol. The van der Waals surface area contributed by atoms with E-state index >= 15 is 0 Å². The van der Waals surface area contributed by atoms with Gasteiger partial charge in [-0.15, -0.1) is 0 Å². The maximum absolute atomic E-state index is 12.9. The standard InChI is InChI=1S/C16H14N2O7/c19-6-16(7-20,8-21)17-14(22)11-3-1-2-9-4-10(18(24)25)5-12(13(9)11)15(17)23/h1-5,19-21H,6-8H2. The van der Waals surface area contributed by atoms with E-state index in [0.717, 1.165) is 6.07 Å². The Morgan fingerprint density at radius 2 is 1.60 bits per heavy atom. The van der Waals surface area contributed by atoms with Gasteiger partial charge in [0.25, 0.3) is 17.5 Å². The lowest BCUT2D eigenvalue weighted by Crippen LogP contribution is -2.62. The number of aliphatic hydroxyl groups excluding tert-OH is 3. The van der Waals surface area contributed by atoms with E-state index in [1.54, 1.807) is 6.07 Å². The van der Waals surface area contributed by atoms with Crippen LogP contribution in [0.3, 0.4) is 0 Å². The summed E-state index contributed by atoms with van der Waals surface area (Å²) in [6.07, 6.45) is 0. The minimum Gasteiger partial charge on any atom is -0.394 e. The van der Waals surface area contributed by atoms with Crippen LogP contribution in [-0.4, -0.2) is 62.3 Å². The maximum Gasteiger partial charge on any atom is 0.270 e. The van der Waals surface area contributed by atoms with Crippen molar-refractivity contribution in [1.29, 1.82) is 0 Å². The molecule has 9 heteroatoms. The summed E-state index contributed by atoms with van der Waals surface area (Å²) >= 11 is 0. The van der Waals surface area contributed by atoms with Gasteiger partial charge in [-0.05, 0) is 11.5 Å². The molecule has 0 saturated heterocycles. The van der Waals surface area contributed by atoms with E-state index in [2.05, 4.69) is 0 Å². The van der Waals surface area contributed by atoms with Crippen molar-refractivity contribution in [2.24, 2.45) is 0 Å². The van der Waals surface area contributed by atoms with Crippen molar-refractivity contribution in [1.82, 2.24) is 4.90 Å². The van der Waals surface area contributed by atoms with Crippen LogP contribution in [0.5, 0.6) is 0 Å². The third kappa shape index (κ3) is 2.29. The Kier molecular flexibility index (Phi) is 3.99. The van der Waals surface area contributed by atoms with Crippen LogP contribution in [0.25, 0.3) is 10.8 Å². The molecule has 2 amide bonds. The van der Waals surface area contributed by atoms with Crippen LogP contribution < -0.4 is 0 Å². The number of rotatable bonds is 5. The van der Waals surface area contributed by atoms with E-state index in [4.69, 9.17) is 0 Å². The zero-order valence-corrected chi connectivity index (χ0v) is 12.9. The molecule has 0 radical (unpaired) electrons. The molecule has 3 rings (SSSR count). The molecule has 0 unspecified atom stereocenters. The fourth-order valence-corrected chi connectivity index (χ4v) is 2.99. The van der Waals surface area contributed by atoms with Crippen LogP contribution in [0, 0.1) is 10.1 Å². The number of nitro groups is 1. The Morgan fingerprint density at radius 3 is 2.16 bits per heavy atom. The number of benzene rings is 2. The third-order valence-electron chi connectivity index (χ3n) is 4.40. The van der Waals surface area contributed by atoms with Crippen molar-refractivity contribution in [2.45, 2.75) is 5.54 Å². The van der Waals surface area contributed by atoms with E-state index < -0.39 is 42.1 Å². The number of nitrogens with zero attached hydrogens (tertiary/aromatic N) is 2. The fourth-order valence-electron chi connectivity index (χ4n) is 2.99. The normalized spacial score (nSPS) is 14.3. The van der Waals surface area contributed by atoms with Gasteiger partial charge in [-0.2, -0.15) is 0 Å². The number of hydrogen-bond acceptors (Lipinski definition) is 7. The second-order valence-electron chi connectivity index (χ2n) is 5.80. The zero-order chi connectivity index (χ0) is 18.4. The Morgan fingerprint density at radius 1 is 1.00 bits per heavy atom. The second kappa shape index (κ2) is 5.88. The SMILES string of the molecule is O=C1c2cccc3cc([N+](=O)[O-])cc(c23)C(=O)N1C(CO)(CO)CO. The van der Waals surface area contributed by atoms with Gasteiger partial charge in [-0.25, -0.2) is 0 Å². The van der Waals surface area contributed by atoms with Crippen LogP contribution in [0.4, 0.5) is 5.69 Å². The molecular weight excluding hydrogens is 332 g/mol. The predicted octanol–water partition coefficient (Wildman–Crippen LogP) is 0.0597. The number of nitro benzene ring substituents is 1. The van der Waals surface area contributed by atoms with Crippen LogP contribution in [-0.2, 0) is 0 Å². The topological polar surface area (TPSA) is 141 Å². The van der Waals surface area contributed by atoms with Crippen molar-refractivity contribution < 1.29 is 29.8 Å². The molecule has 1 aliphatic heterocycles. The van der Waals surface area contributed by atoms with Crippen molar-refractivity contribution >= 4 is 28.3 Å². The van der Waals surface area contributed by atoms with Crippen molar-refractivity contribution in [3.05, 3.63) is 51.6 Å². The number of carbonyl (C=O) groups is 2. The average molecular weight is 346 g/mol. The summed E-state index contributed by atoms with van der Waals surface area (Å²) in [5, 5.41) is 40.5. The number of amides is 2. The van der Waals surface area contributed by atoms with E-state index in [0.29, 0.717) is 10.3 Å². The van der Waals surface area contributed by atoms with Crippen molar-refractivity contribution in [3.8, 4) is 0 Å². The Labute approximate surface area is 140 Å². The van der Waals surface area contributed by atoms with E-state index in [1.807, 2.05) is 0 Å². The van der Waals surface area contributed by atoms with Gasteiger partial charge in [0.15, 0.2) is 0 Å². The Bertz CT molecular complexity index is 896. The summed E-state index contributed by atoms with van der Waals surface area (Å²) in [5.74, 6) is -1.72. The molecule has 2 aromatic carbocycles. The number of hydrogen-bond donors (Lipinski definition) is 3. The average Bonchev–Trinajstić information content (AvgIpc) is 2.62. The fraction of sp³-hybridized carbons (Fsp3) is 0.250. The molecule has 0 atom stereocenters. The summed E-state index contributed by atoms with van der Waals surface area (Å²) in [6.45, 7) is -2.59. The zero-order valence-electron chi connectivity index (χ0n) is 12.9. The maximum atomic E-state index is 12.9. The van der Waals surface area contributed by atoms with Crippen LogP contribution in [0.15, 0.2) is 30.3 Å². The molecular formula is C16H14N2O7. The van der Waals surface area contributed by atoms with Gasteiger partial charge >= 0.3 is 0 Å². The van der Waals surface area contributed by atoms with Gasteiger partial charge in [0, 0.05) is 23.1 Å². The molecule has 0 aliphatic carbocycles. The first-order chi connectivity index (χ1) is 11.9. The monoisotopic (exact) mass is 346 g/mol. The van der Waals surface area contributed by atoms with Crippen LogP contribution in [0.1, 0.15) is 20.7 Å². The molecule has 25 heavy (non-hydrogen) atoms. The van der Waals surface area contributed by atoms with Crippen molar-refractivity contribution in [3.63, 3.8) is 0 Å². The molecule has 0 fully saturated rings. The highest BCUT2D eigenvalue weighted by molar-refractivity contribution is 6.26. The first-order valence-electron chi connectivity index (χ1n) is 7.33. The number of carbonyl (C=O) groups excluding carboxylic acids is 2. The molecule has 9 nitrogen and oxygen atoms in total. The first kappa shape index (κ1) is 17.0. The van der Waals surface area contributed by atoms with Gasteiger partial charge in [0.1, 0.15) is 5.54 Å². The molecule has 2 aromatic rings. The van der Waals surface area contributed by atoms with Gasteiger partial charge in [0.05, 0.1) is 30.3 Å². The molecule has 0 spiro atoms. The van der Waals surface area contributed by atoms with Crippen LogP contribution >= 0.6 is 0 Å². The first-order valence-corrected chi connectivity index (χ1v) is 7.33. The van der Waals surface area contributed by atoms with Gasteiger partial charge in [0.2, 0.25) is 0 Å². The molecule has 3 N–H and O–H groups in total. The largest absolute Gasteiger partial charge is 0.394 e. The van der Waals surface area contributed by atoms with E-state index in [9.17, 15) is 35.0 Å². The highest BCUT2D eigenvalue weighted by Crippen LogP contribution is 2.36. The lowest BCUT2D eigenvalue weighted by atomic mass is 9.89. The molecule has 0 aromatic heterocycles.